The van der Waals surface area contributed by atoms with E-state index in [-0.39, 0.29) is 5.69 Å². The second-order valence-electron chi connectivity index (χ2n) is 8.01. The highest BCUT2D eigenvalue weighted by molar-refractivity contribution is 6.30. The number of carbonyl (C=O) groups is 1. The summed E-state index contributed by atoms with van der Waals surface area (Å²) >= 11 is 5.83. The number of carbonyl (C=O) groups excluding carboxylic acids is 1. The summed E-state index contributed by atoms with van der Waals surface area (Å²) < 4.78 is 44.5. The van der Waals surface area contributed by atoms with E-state index in [2.05, 4.69) is 20.0 Å². The lowest BCUT2D eigenvalue weighted by molar-refractivity contribution is -0.143. The standard InChI is InChI=1S/C24H19ClF3N5O/c25-16-6-10-18(11-7-16)33-21(24(26,27)28)20(14-30-33)23(34)31-17-8-4-15(5-9-17)22-29-13-19-3-1-2-12-32(19)22/h4-11,13-14H,1-3,12H2,(H,31,34). The Kier molecular flexibility index (Phi) is 5.65. The van der Waals surface area contributed by atoms with Gasteiger partial charge in [0.15, 0.2) is 5.69 Å². The van der Waals surface area contributed by atoms with E-state index < -0.39 is 23.3 Å². The lowest BCUT2D eigenvalue weighted by Gasteiger charge is -2.16. The van der Waals surface area contributed by atoms with E-state index in [0.29, 0.717) is 15.4 Å². The first-order valence-electron chi connectivity index (χ1n) is 10.7. The Morgan fingerprint density at radius 2 is 1.74 bits per heavy atom. The first-order chi connectivity index (χ1) is 16.3. The van der Waals surface area contributed by atoms with Gasteiger partial charge in [0, 0.05) is 34.7 Å². The van der Waals surface area contributed by atoms with Gasteiger partial charge in [0.1, 0.15) is 5.82 Å². The predicted octanol–water partition coefficient (Wildman–Crippen LogP) is 6.00. The van der Waals surface area contributed by atoms with E-state index in [1.165, 1.54) is 30.0 Å². The SMILES string of the molecule is O=C(Nc1ccc(-c2ncc3n2CCCC3)cc1)c1cnn(-c2ccc(Cl)cc2)c1C(F)(F)F. The fourth-order valence-electron chi connectivity index (χ4n) is 4.13. The smallest absolute Gasteiger partial charge is 0.328 e. The molecule has 34 heavy (non-hydrogen) atoms. The van der Waals surface area contributed by atoms with E-state index in [1.807, 2.05) is 6.20 Å². The van der Waals surface area contributed by atoms with Crippen LogP contribution in [0.15, 0.2) is 60.9 Å². The van der Waals surface area contributed by atoms with Crippen molar-refractivity contribution in [3.63, 3.8) is 0 Å². The molecule has 1 N–H and O–H groups in total. The van der Waals surface area contributed by atoms with Crippen molar-refractivity contribution in [1.82, 2.24) is 19.3 Å². The number of nitrogens with one attached hydrogen (secondary N) is 1. The number of nitrogens with zero attached hydrogens (tertiary/aromatic N) is 4. The molecular weight excluding hydrogens is 467 g/mol. The monoisotopic (exact) mass is 485 g/mol. The number of benzene rings is 2. The first kappa shape index (κ1) is 22.2. The van der Waals surface area contributed by atoms with E-state index in [0.717, 1.165) is 43.4 Å². The molecule has 0 radical (unpaired) electrons. The van der Waals surface area contributed by atoms with E-state index in [4.69, 9.17) is 11.6 Å². The minimum absolute atomic E-state index is 0.142. The second kappa shape index (κ2) is 8.64. The third-order valence-electron chi connectivity index (χ3n) is 5.76. The molecule has 1 aliphatic heterocycles. The maximum atomic E-state index is 13.9. The fourth-order valence-corrected chi connectivity index (χ4v) is 4.26. The molecule has 10 heteroatoms. The molecule has 0 fully saturated rings. The molecule has 0 atom stereocenters. The molecule has 0 saturated carbocycles. The van der Waals surface area contributed by atoms with Crippen LogP contribution in [-0.2, 0) is 19.1 Å². The van der Waals surface area contributed by atoms with Gasteiger partial charge >= 0.3 is 6.18 Å². The molecule has 3 heterocycles. The van der Waals surface area contributed by atoms with Crippen molar-refractivity contribution in [2.75, 3.05) is 5.32 Å². The summed E-state index contributed by atoms with van der Waals surface area (Å²) in [5.74, 6) is -0.0605. The summed E-state index contributed by atoms with van der Waals surface area (Å²) in [4.78, 5) is 17.3. The van der Waals surface area contributed by atoms with Gasteiger partial charge in [0.25, 0.3) is 5.91 Å². The average Bonchev–Trinajstić information content (AvgIpc) is 3.45. The van der Waals surface area contributed by atoms with Crippen LogP contribution >= 0.6 is 11.6 Å². The van der Waals surface area contributed by atoms with Crippen molar-refractivity contribution in [2.24, 2.45) is 0 Å². The summed E-state index contributed by atoms with van der Waals surface area (Å²) in [6, 6.07) is 12.6. The number of imidazole rings is 1. The van der Waals surface area contributed by atoms with Gasteiger partial charge in [-0.25, -0.2) is 9.67 Å². The molecule has 1 amide bonds. The molecule has 0 saturated heterocycles. The summed E-state index contributed by atoms with van der Waals surface area (Å²) in [6.45, 7) is 0.904. The summed E-state index contributed by atoms with van der Waals surface area (Å²) in [6.07, 6.45) is 1.22. The predicted molar refractivity (Wildman–Crippen MR) is 122 cm³/mol. The van der Waals surface area contributed by atoms with E-state index >= 15 is 0 Å². The topological polar surface area (TPSA) is 64.7 Å². The lowest BCUT2D eigenvalue weighted by Crippen LogP contribution is -2.20. The zero-order valence-electron chi connectivity index (χ0n) is 17.8. The van der Waals surface area contributed by atoms with Crippen molar-refractivity contribution < 1.29 is 18.0 Å². The van der Waals surface area contributed by atoms with Gasteiger partial charge in [-0.05, 0) is 67.8 Å². The van der Waals surface area contributed by atoms with Gasteiger partial charge in [0.05, 0.1) is 17.4 Å². The molecule has 5 rings (SSSR count). The normalized spacial score (nSPS) is 13.5. The minimum Gasteiger partial charge on any atom is -0.328 e. The Bertz CT molecular complexity index is 1340. The van der Waals surface area contributed by atoms with Crippen LogP contribution in [0.1, 0.15) is 34.6 Å². The molecule has 174 valence electrons. The van der Waals surface area contributed by atoms with Crippen LogP contribution < -0.4 is 5.32 Å². The molecule has 0 bridgehead atoms. The largest absolute Gasteiger partial charge is 0.434 e. The number of hydrogen-bond donors (Lipinski definition) is 1. The van der Waals surface area contributed by atoms with Crippen molar-refractivity contribution in [3.05, 3.63) is 82.9 Å². The highest BCUT2D eigenvalue weighted by Gasteiger charge is 2.40. The van der Waals surface area contributed by atoms with Crippen LogP contribution in [0.3, 0.4) is 0 Å². The quantitative estimate of drug-likeness (QED) is 0.386. The van der Waals surface area contributed by atoms with Gasteiger partial charge in [-0.3, -0.25) is 4.79 Å². The maximum Gasteiger partial charge on any atom is 0.434 e. The van der Waals surface area contributed by atoms with E-state index in [9.17, 15) is 18.0 Å². The second-order valence-corrected chi connectivity index (χ2v) is 8.44. The Labute approximate surface area is 198 Å². The minimum atomic E-state index is -4.80. The Balaban J connectivity index is 1.40. The van der Waals surface area contributed by atoms with Crippen LogP contribution in [0.4, 0.5) is 18.9 Å². The molecule has 1 aliphatic rings. The van der Waals surface area contributed by atoms with Crippen molar-refractivity contribution in [2.45, 2.75) is 32.0 Å². The molecule has 6 nitrogen and oxygen atoms in total. The van der Waals surface area contributed by atoms with Crippen LogP contribution in [0.5, 0.6) is 0 Å². The number of amides is 1. The van der Waals surface area contributed by atoms with Gasteiger partial charge in [-0.15, -0.1) is 0 Å². The lowest BCUT2D eigenvalue weighted by atomic mass is 10.1. The third kappa shape index (κ3) is 4.19. The number of alkyl halides is 3. The third-order valence-corrected chi connectivity index (χ3v) is 6.01. The van der Waals surface area contributed by atoms with Gasteiger partial charge < -0.3 is 9.88 Å². The van der Waals surface area contributed by atoms with Crippen LogP contribution in [0.25, 0.3) is 17.1 Å². The number of anilines is 1. The molecule has 0 aliphatic carbocycles. The number of halogens is 4. The highest BCUT2D eigenvalue weighted by atomic mass is 35.5. The molecule has 4 aromatic rings. The summed E-state index contributed by atoms with van der Waals surface area (Å²) in [5, 5.41) is 6.73. The van der Waals surface area contributed by atoms with Crippen molar-refractivity contribution in [1.29, 1.82) is 0 Å². The Hall–Kier alpha value is -3.59. The number of fused-ring (bicyclic) bond motifs is 1. The van der Waals surface area contributed by atoms with Crippen molar-refractivity contribution in [3.8, 4) is 17.1 Å². The summed E-state index contributed by atoms with van der Waals surface area (Å²) in [7, 11) is 0. The molecule has 0 unspecified atom stereocenters. The van der Waals surface area contributed by atoms with Crippen molar-refractivity contribution >= 4 is 23.2 Å². The summed E-state index contributed by atoms with van der Waals surface area (Å²) in [5.41, 5.74) is 0.838. The van der Waals surface area contributed by atoms with Crippen LogP contribution in [0, 0.1) is 0 Å². The number of aryl methyl sites for hydroxylation is 1. The number of rotatable bonds is 4. The van der Waals surface area contributed by atoms with Crippen LogP contribution in [0.2, 0.25) is 5.02 Å². The zero-order chi connectivity index (χ0) is 23.9. The number of hydrogen-bond acceptors (Lipinski definition) is 3. The van der Waals surface area contributed by atoms with Gasteiger partial charge in [-0.2, -0.15) is 18.3 Å². The Morgan fingerprint density at radius 1 is 1.00 bits per heavy atom. The first-order valence-corrected chi connectivity index (χ1v) is 11.1. The average molecular weight is 486 g/mol. The molecule has 0 spiro atoms. The number of aromatic nitrogens is 4. The molecule has 2 aromatic heterocycles. The molecule has 2 aromatic carbocycles. The highest BCUT2D eigenvalue weighted by Crippen LogP contribution is 2.34. The molecular formula is C24H19ClF3N5O. The zero-order valence-corrected chi connectivity index (χ0v) is 18.6. The van der Waals surface area contributed by atoms with Gasteiger partial charge in [-0.1, -0.05) is 11.6 Å². The fraction of sp³-hybridized carbons (Fsp3) is 0.208. The van der Waals surface area contributed by atoms with Crippen LogP contribution in [-0.4, -0.2) is 25.2 Å². The maximum absolute atomic E-state index is 13.9. The van der Waals surface area contributed by atoms with Gasteiger partial charge in [0.2, 0.25) is 0 Å². The Morgan fingerprint density at radius 3 is 2.44 bits per heavy atom. The van der Waals surface area contributed by atoms with E-state index in [1.54, 1.807) is 24.3 Å².